The first-order valence-electron chi connectivity index (χ1n) is 4.39. The van der Waals surface area contributed by atoms with Crippen molar-refractivity contribution in [1.82, 2.24) is 0 Å². The fourth-order valence-electron chi connectivity index (χ4n) is 1.09. The first kappa shape index (κ1) is 15.9. The van der Waals surface area contributed by atoms with Crippen LogP contribution in [0.4, 0.5) is 17.6 Å². The van der Waals surface area contributed by atoms with E-state index < -0.39 is 47.5 Å². The lowest BCUT2D eigenvalue weighted by Crippen LogP contribution is -2.31. The molecule has 0 aliphatic carbocycles. The largest absolute Gasteiger partial charge is 0.377 e. The fraction of sp³-hybridized carbons (Fsp3) is 0.250. The van der Waals surface area contributed by atoms with Crippen LogP contribution in [-0.2, 0) is 20.0 Å². The van der Waals surface area contributed by atoms with Crippen LogP contribution in [0.5, 0.6) is 0 Å². The summed E-state index contributed by atoms with van der Waals surface area (Å²) in [7, 11) is -10.7. The van der Waals surface area contributed by atoms with Gasteiger partial charge in [-0.25, -0.2) is 17.2 Å². The highest BCUT2D eigenvalue weighted by molar-refractivity contribution is 7.92. The Morgan fingerprint density at radius 1 is 1.16 bits per heavy atom. The van der Waals surface area contributed by atoms with Crippen LogP contribution in [-0.4, -0.2) is 33.3 Å². The van der Waals surface area contributed by atoms with Gasteiger partial charge in [-0.3, -0.25) is 4.55 Å². The highest BCUT2D eigenvalue weighted by Crippen LogP contribution is 2.31. The highest BCUT2D eigenvalue weighted by atomic mass is 32.2. The third-order valence-electron chi connectivity index (χ3n) is 2.04. The number of benzene rings is 1. The van der Waals surface area contributed by atoms with Gasteiger partial charge >= 0.3 is 5.25 Å². The highest BCUT2D eigenvalue weighted by Gasteiger charge is 2.46. The Hall–Kier alpha value is -1.20. The van der Waals surface area contributed by atoms with Crippen molar-refractivity contribution in [2.24, 2.45) is 0 Å². The Morgan fingerprint density at radius 2 is 1.68 bits per heavy atom. The standard InChI is InChI=1S/C8H6F4O5S2/c9-4-8(11,12)18(13,14)5-1-2-6(10)7(3-5)19(15,16)17/h1-3H,4H2,(H,15,16,17). The molecule has 0 heterocycles. The molecular weight excluding hydrogens is 316 g/mol. The third-order valence-corrected chi connectivity index (χ3v) is 4.68. The fourth-order valence-corrected chi connectivity index (χ4v) is 2.77. The minimum Gasteiger partial charge on any atom is -0.282 e. The molecule has 1 rings (SSSR count). The molecule has 0 radical (unpaired) electrons. The van der Waals surface area contributed by atoms with E-state index in [1.165, 1.54) is 0 Å². The minimum absolute atomic E-state index is 0.0103. The van der Waals surface area contributed by atoms with E-state index in [9.17, 15) is 34.4 Å². The smallest absolute Gasteiger partial charge is 0.282 e. The Balaban J connectivity index is 3.57. The van der Waals surface area contributed by atoms with E-state index in [1.807, 2.05) is 0 Å². The first-order chi connectivity index (χ1) is 8.43. The molecule has 0 fully saturated rings. The zero-order valence-electron chi connectivity index (χ0n) is 8.85. The van der Waals surface area contributed by atoms with E-state index in [2.05, 4.69) is 0 Å². The molecule has 0 bridgehead atoms. The number of rotatable bonds is 4. The molecule has 0 aliphatic rings. The maximum absolute atomic E-state index is 13.0. The average Bonchev–Trinajstić information content (AvgIpc) is 2.27. The molecule has 0 saturated carbocycles. The van der Waals surface area contributed by atoms with E-state index in [-0.39, 0.29) is 12.1 Å². The van der Waals surface area contributed by atoms with Crippen LogP contribution in [0.15, 0.2) is 28.0 Å². The van der Waals surface area contributed by atoms with Gasteiger partial charge in [0.25, 0.3) is 10.1 Å². The predicted molar refractivity (Wildman–Crippen MR) is 54.3 cm³/mol. The average molecular weight is 322 g/mol. The van der Waals surface area contributed by atoms with Gasteiger partial charge in [0.1, 0.15) is 10.7 Å². The summed E-state index contributed by atoms with van der Waals surface area (Å²) in [5, 5.41) is -4.79. The second-order valence-electron chi connectivity index (χ2n) is 3.34. The van der Waals surface area contributed by atoms with Crippen molar-refractivity contribution >= 4 is 20.0 Å². The molecule has 1 aromatic rings. The molecule has 0 atom stereocenters. The van der Waals surface area contributed by atoms with Gasteiger partial charge in [0.15, 0.2) is 6.67 Å². The van der Waals surface area contributed by atoms with Crippen molar-refractivity contribution in [2.75, 3.05) is 6.67 Å². The second kappa shape index (κ2) is 4.72. The molecule has 11 heteroatoms. The summed E-state index contributed by atoms with van der Waals surface area (Å²) in [5.74, 6) is -1.54. The molecule has 0 saturated heterocycles. The van der Waals surface area contributed by atoms with Crippen LogP contribution in [0.3, 0.4) is 0 Å². The third kappa shape index (κ3) is 2.87. The van der Waals surface area contributed by atoms with Crippen LogP contribution < -0.4 is 0 Å². The van der Waals surface area contributed by atoms with Crippen molar-refractivity contribution in [3.63, 3.8) is 0 Å². The van der Waals surface area contributed by atoms with Crippen molar-refractivity contribution in [2.45, 2.75) is 15.0 Å². The van der Waals surface area contributed by atoms with Crippen LogP contribution in [0, 0.1) is 5.82 Å². The number of sulfone groups is 1. The topological polar surface area (TPSA) is 88.5 Å². The lowest BCUT2D eigenvalue weighted by molar-refractivity contribution is 0.0620. The van der Waals surface area contributed by atoms with E-state index in [1.54, 1.807) is 0 Å². The Kier molecular flexibility index (Phi) is 3.94. The second-order valence-corrected chi connectivity index (χ2v) is 6.81. The van der Waals surface area contributed by atoms with E-state index in [0.717, 1.165) is 0 Å². The van der Waals surface area contributed by atoms with Gasteiger partial charge in [0.05, 0.1) is 4.90 Å². The van der Waals surface area contributed by atoms with Gasteiger partial charge in [-0.15, -0.1) is 0 Å². The van der Waals surface area contributed by atoms with Crippen molar-refractivity contribution in [3.8, 4) is 0 Å². The number of hydrogen-bond acceptors (Lipinski definition) is 4. The molecule has 0 unspecified atom stereocenters. The molecule has 0 aromatic heterocycles. The van der Waals surface area contributed by atoms with Gasteiger partial charge in [0.2, 0.25) is 9.84 Å². The van der Waals surface area contributed by atoms with Gasteiger partial charge in [-0.1, -0.05) is 0 Å². The molecule has 108 valence electrons. The SMILES string of the molecule is O=S(=O)(O)c1cc(S(=O)(=O)C(F)(F)CF)ccc1F. The molecule has 1 N–H and O–H groups in total. The molecule has 0 spiro atoms. The number of alkyl halides is 3. The van der Waals surface area contributed by atoms with E-state index in [0.29, 0.717) is 6.07 Å². The maximum Gasteiger partial charge on any atom is 0.377 e. The summed E-state index contributed by atoms with van der Waals surface area (Å²) in [6.45, 7) is -2.53. The zero-order valence-corrected chi connectivity index (χ0v) is 10.5. The quantitative estimate of drug-likeness (QED) is 0.514. The predicted octanol–water partition coefficient (Wildman–Crippen LogP) is 1.41. The molecule has 5 nitrogen and oxygen atoms in total. The van der Waals surface area contributed by atoms with E-state index >= 15 is 0 Å². The summed E-state index contributed by atoms with van der Waals surface area (Å²) in [6, 6.07) is 0.580. The number of halogens is 4. The molecule has 19 heavy (non-hydrogen) atoms. The molecular formula is C8H6F4O5S2. The van der Waals surface area contributed by atoms with Crippen LogP contribution in [0.2, 0.25) is 0 Å². The van der Waals surface area contributed by atoms with Crippen LogP contribution in [0.25, 0.3) is 0 Å². The maximum atomic E-state index is 13.0. The van der Waals surface area contributed by atoms with Gasteiger partial charge < -0.3 is 0 Å². The first-order valence-corrected chi connectivity index (χ1v) is 7.31. The van der Waals surface area contributed by atoms with Gasteiger partial charge in [0, 0.05) is 0 Å². The Bertz CT molecular complexity index is 696. The normalized spacial score (nSPS) is 13.5. The van der Waals surface area contributed by atoms with Gasteiger partial charge in [-0.2, -0.15) is 17.2 Å². The lowest BCUT2D eigenvalue weighted by atomic mass is 10.3. The molecule has 0 aliphatic heterocycles. The summed E-state index contributed by atoms with van der Waals surface area (Å²) >= 11 is 0. The monoisotopic (exact) mass is 322 g/mol. The van der Waals surface area contributed by atoms with Crippen molar-refractivity contribution < 1.29 is 39.0 Å². The number of hydrogen-bond donors (Lipinski definition) is 1. The lowest BCUT2D eigenvalue weighted by Gasteiger charge is -2.13. The molecule has 1 aromatic carbocycles. The van der Waals surface area contributed by atoms with Gasteiger partial charge in [-0.05, 0) is 18.2 Å². The summed E-state index contributed by atoms with van der Waals surface area (Å²) in [6.07, 6.45) is 0. The Labute approximate surface area is 105 Å². The van der Waals surface area contributed by atoms with Crippen LogP contribution in [0.1, 0.15) is 0 Å². The zero-order chi connectivity index (χ0) is 15.1. The Morgan fingerprint density at radius 3 is 2.11 bits per heavy atom. The van der Waals surface area contributed by atoms with Crippen LogP contribution >= 0.6 is 0 Å². The van der Waals surface area contributed by atoms with Crippen molar-refractivity contribution in [3.05, 3.63) is 24.0 Å². The minimum atomic E-state index is -5.54. The van der Waals surface area contributed by atoms with E-state index in [4.69, 9.17) is 4.55 Å². The summed E-state index contributed by atoms with van der Waals surface area (Å²) < 4.78 is 103. The van der Waals surface area contributed by atoms with Crippen molar-refractivity contribution in [1.29, 1.82) is 0 Å². The summed E-state index contributed by atoms with van der Waals surface area (Å²) in [5.41, 5.74) is 0. The summed E-state index contributed by atoms with van der Waals surface area (Å²) in [4.78, 5) is -2.83. The molecule has 0 amide bonds.